The molecule has 0 saturated heterocycles. The predicted molar refractivity (Wildman–Crippen MR) is 153 cm³/mol. The van der Waals surface area contributed by atoms with E-state index in [0.29, 0.717) is 49.7 Å². The summed E-state index contributed by atoms with van der Waals surface area (Å²) in [6.45, 7) is 2.12. The molecule has 216 valence electrons. The van der Waals surface area contributed by atoms with Crippen LogP contribution in [-0.4, -0.2) is 48.4 Å². The van der Waals surface area contributed by atoms with Gasteiger partial charge in [0.1, 0.15) is 12.2 Å². The highest BCUT2D eigenvalue weighted by molar-refractivity contribution is 5.90. The topological polar surface area (TPSA) is 99.1 Å². The number of hydrogen-bond donors (Lipinski definition) is 1. The van der Waals surface area contributed by atoms with Gasteiger partial charge in [-0.05, 0) is 43.5 Å². The average Bonchev–Trinajstić information content (AvgIpc) is 3.29. The maximum absolute atomic E-state index is 13.0. The molecule has 0 spiro atoms. The van der Waals surface area contributed by atoms with E-state index in [1.807, 2.05) is 18.2 Å². The van der Waals surface area contributed by atoms with Crippen molar-refractivity contribution in [2.24, 2.45) is 11.8 Å². The van der Waals surface area contributed by atoms with Crippen LogP contribution in [0, 0.1) is 11.8 Å². The fourth-order valence-electron chi connectivity index (χ4n) is 5.26. The van der Waals surface area contributed by atoms with E-state index >= 15 is 0 Å². The number of carbonyl (C=O) groups is 3. The van der Waals surface area contributed by atoms with Gasteiger partial charge in [-0.2, -0.15) is 0 Å². The van der Waals surface area contributed by atoms with Crippen molar-refractivity contribution < 1.29 is 33.7 Å². The second-order valence-electron chi connectivity index (χ2n) is 10.4. The highest BCUT2D eigenvalue weighted by atomic mass is 16.6. The lowest BCUT2D eigenvalue weighted by atomic mass is 9.87. The summed E-state index contributed by atoms with van der Waals surface area (Å²) in [6, 6.07) is 17.6. The standard InChI is InChI=1S/C33H42O7/c1-3-4-7-18-26(34)21-22-28-27(19-12-13-20-31(35)38-2)29(39-32(36)24-14-8-5-9-15-24)23-30(28)40-33(37)25-16-10-6-11-17-25/h5-6,8-11,14-17,21-22,26-30,34H,3-4,7,12-13,18-20,23H2,1-2H3/b22-21+/t26-,27-,28+,29-,30+/m1/s1. The Hall–Kier alpha value is -3.45. The van der Waals surface area contributed by atoms with Gasteiger partial charge >= 0.3 is 17.9 Å². The van der Waals surface area contributed by atoms with Crippen molar-refractivity contribution in [3.8, 4) is 0 Å². The number of aliphatic hydroxyl groups is 1. The molecule has 0 unspecified atom stereocenters. The number of esters is 3. The SMILES string of the molecule is CCCCC[C@@H](O)/C=C/[C@H]1[C@@H](CCCCC(=O)OC)[C@H](OC(=O)c2ccccc2)C[C@@H]1OC(=O)c1ccccc1. The summed E-state index contributed by atoms with van der Waals surface area (Å²) in [5.74, 6) is -1.55. The molecule has 0 amide bonds. The number of methoxy groups -OCH3 is 1. The smallest absolute Gasteiger partial charge is 0.338 e. The summed E-state index contributed by atoms with van der Waals surface area (Å²) >= 11 is 0. The van der Waals surface area contributed by atoms with Gasteiger partial charge in [-0.3, -0.25) is 4.79 Å². The van der Waals surface area contributed by atoms with Crippen molar-refractivity contribution in [3.05, 3.63) is 83.9 Å². The van der Waals surface area contributed by atoms with E-state index in [0.717, 1.165) is 19.3 Å². The van der Waals surface area contributed by atoms with Crippen molar-refractivity contribution in [1.29, 1.82) is 0 Å². The van der Waals surface area contributed by atoms with Crippen molar-refractivity contribution in [1.82, 2.24) is 0 Å². The highest BCUT2D eigenvalue weighted by Gasteiger charge is 2.46. The maximum Gasteiger partial charge on any atom is 0.338 e. The zero-order valence-electron chi connectivity index (χ0n) is 23.6. The molecule has 1 fully saturated rings. The van der Waals surface area contributed by atoms with Crippen LogP contribution < -0.4 is 0 Å². The Labute approximate surface area is 237 Å². The molecule has 0 radical (unpaired) electrons. The second-order valence-corrected chi connectivity index (χ2v) is 10.4. The third-order valence-corrected chi connectivity index (χ3v) is 7.46. The molecule has 0 aromatic heterocycles. The van der Waals surface area contributed by atoms with Gasteiger partial charge in [0.25, 0.3) is 0 Å². The molecule has 7 nitrogen and oxygen atoms in total. The van der Waals surface area contributed by atoms with Crippen molar-refractivity contribution in [2.45, 2.75) is 83.0 Å². The third kappa shape index (κ3) is 9.63. The number of carbonyl (C=O) groups excluding carboxylic acids is 3. The molecule has 1 N–H and O–H groups in total. The van der Waals surface area contributed by atoms with Crippen LogP contribution in [0.4, 0.5) is 0 Å². The molecule has 1 aliphatic rings. The minimum absolute atomic E-state index is 0.155. The number of benzene rings is 2. The molecule has 1 saturated carbocycles. The van der Waals surface area contributed by atoms with E-state index in [1.165, 1.54) is 7.11 Å². The largest absolute Gasteiger partial charge is 0.469 e. The molecular formula is C33H42O7. The molecule has 5 atom stereocenters. The molecule has 2 aromatic rings. The lowest BCUT2D eigenvalue weighted by molar-refractivity contribution is -0.140. The van der Waals surface area contributed by atoms with Gasteiger partial charge in [0.05, 0.1) is 24.3 Å². The summed E-state index contributed by atoms with van der Waals surface area (Å²) in [6.07, 6.45) is 8.42. The summed E-state index contributed by atoms with van der Waals surface area (Å²) in [7, 11) is 1.37. The van der Waals surface area contributed by atoms with Gasteiger partial charge in [-0.25, -0.2) is 9.59 Å². The van der Waals surface area contributed by atoms with Crippen LogP contribution in [0.5, 0.6) is 0 Å². The van der Waals surface area contributed by atoms with E-state index in [1.54, 1.807) is 54.6 Å². The maximum atomic E-state index is 13.0. The molecule has 2 aromatic carbocycles. The predicted octanol–water partition coefficient (Wildman–Crippen LogP) is 6.30. The van der Waals surface area contributed by atoms with E-state index in [4.69, 9.17) is 14.2 Å². The molecule has 0 heterocycles. The van der Waals surface area contributed by atoms with E-state index in [9.17, 15) is 19.5 Å². The molecule has 40 heavy (non-hydrogen) atoms. The molecule has 1 aliphatic carbocycles. The van der Waals surface area contributed by atoms with Gasteiger partial charge in [0, 0.05) is 24.7 Å². The summed E-state index contributed by atoms with van der Waals surface area (Å²) in [5.41, 5.74) is 0.902. The van der Waals surface area contributed by atoms with Crippen molar-refractivity contribution in [3.63, 3.8) is 0 Å². The molecule has 3 rings (SSSR count). The number of ether oxygens (including phenoxy) is 3. The van der Waals surface area contributed by atoms with E-state index in [-0.39, 0.29) is 17.8 Å². The van der Waals surface area contributed by atoms with Crippen LogP contribution in [-0.2, 0) is 19.0 Å². The van der Waals surface area contributed by atoms with Crippen molar-refractivity contribution >= 4 is 17.9 Å². The Morgan fingerprint density at radius 1 is 0.875 bits per heavy atom. The van der Waals surface area contributed by atoms with Crippen LogP contribution in [0.15, 0.2) is 72.8 Å². The Bertz CT molecular complexity index is 1080. The van der Waals surface area contributed by atoms with Gasteiger partial charge in [0.15, 0.2) is 0 Å². The zero-order chi connectivity index (χ0) is 28.7. The van der Waals surface area contributed by atoms with Gasteiger partial charge in [-0.1, -0.05) is 81.2 Å². The molecule has 0 bridgehead atoms. The third-order valence-electron chi connectivity index (χ3n) is 7.46. The fraction of sp³-hybridized carbons (Fsp3) is 0.485. The van der Waals surface area contributed by atoms with Crippen LogP contribution >= 0.6 is 0 Å². The van der Waals surface area contributed by atoms with E-state index in [2.05, 4.69) is 6.92 Å². The average molecular weight is 551 g/mol. The van der Waals surface area contributed by atoms with Crippen LogP contribution in [0.2, 0.25) is 0 Å². The monoisotopic (exact) mass is 550 g/mol. The Morgan fingerprint density at radius 3 is 2.05 bits per heavy atom. The Kier molecular flexibility index (Phi) is 12.9. The molecule has 0 aliphatic heterocycles. The van der Waals surface area contributed by atoms with Crippen LogP contribution in [0.25, 0.3) is 0 Å². The summed E-state index contributed by atoms with van der Waals surface area (Å²) in [5, 5.41) is 10.6. The number of unbranched alkanes of at least 4 members (excludes halogenated alkanes) is 3. The molecule has 7 heteroatoms. The van der Waals surface area contributed by atoms with Gasteiger partial charge in [-0.15, -0.1) is 0 Å². The Balaban J connectivity index is 1.83. The van der Waals surface area contributed by atoms with Gasteiger partial charge < -0.3 is 19.3 Å². The van der Waals surface area contributed by atoms with Crippen molar-refractivity contribution in [2.75, 3.05) is 7.11 Å². The minimum Gasteiger partial charge on any atom is -0.469 e. The summed E-state index contributed by atoms with van der Waals surface area (Å²) in [4.78, 5) is 37.7. The van der Waals surface area contributed by atoms with Crippen LogP contribution in [0.1, 0.15) is 85.4 Å². The normalized spacial score (nSPS) is 21.2. The molecular weight excluding hydrogens is 508 g/mol. The van der Waals surface area contributed by atoms with E-state index < -0.39 is 30.3 Å². The quantitative estimate of drug-likeness (QED) is 0.120. The first-order valence-corrected chi connectivity index (χ1v) is 14.4. The number of hydrogen-bond acceptors (Lipinski definition) is 7. The number of aliphatic hydroxyl groups excluding tert-OH is 1. The lowest BCUT2D eigenvalue weighted by Gasteiger charge is -2.24. The van der Waals surface area contributed by atoms with Gasteiger partial charge in [0.2, 0.25) is 0 Å². The number of rotatable bonds is 15. The lowest BCUT2D eigenvalue weighted by Crippen LogP contribution is -2.26. The Morgan fingerprint density at radius 2 is 1.48 bits per heavy atom. The first-order chi connectivity index (χ1) is 19.4. The fourth-order valence-corrected chi connectivity index (χ4v) is 5.26. The first kappa shape index (κ1) is 31.1. The second kappa shape index (κ2) is 16.6. The van der Waals surface area contributed by atoms with Crippen LogP contribution in [0.3, 0.4) is 0 Å². The first-order valence-electron chi connectivity index (χ1n) is 14.4. The highest BCUT2D eigenvalue weighted by Crippen LogP contribution is 2.41. The minimum atomic E-state index is -0.608. The summed E-state index contributed by atoms with van der Waals surface area (Å²) < 4.78 is 16.8. The zero-order valence-corrected chi connectivity index (χ0v) is 23.6.